The first-order valence-corrected chi connectivity index (χ1v) is 9.26. The molecule has 0 unspecified atom stereocenters. The van der Waals surface area contributed by atoms with Gasteiger partial charge in [0.15, 0.2) is 5.96 Å². The van der Waals surface area contributed by atoms with Crippen molar-refractivity contribution in [3.8, 4) is 0 Å². The van der Waals surface area contributed by atoms with E-state index in [2.05, 4.69) is 76.4 Å². The topological polar surface area (TPSA) is 52.2 Å². The van der Waals surface area contributed by atoms with Crippen LogP contribution in [0.5, 0.6) is 0 Å². The van der Waals surface area contributed by atoms with Crippen LogP contribution in [0.1, 0.15) is 22.9 Å². The Hall–Kier alpha value is -2.27. The second-order valence-electron chi connectivity index (χ2n) is 5.76. The zero-order valence-corrected chi connectivity index (χ0v) is 15.0. The number of aryl methyl sites for hydroxylation is 1. The summed E-state index contributed by atoms with van der Waals surface area (Å²) >= 11 is 1.74. The molecule has 0 amide bonds. The average Bonchev–Trinajstić information content (AvgIpc) is 3.23. The summed E-state index contributed by atoms with van der Waals surface area (Å²) in [4.78, 5) is 9.29. The molecule has 3 N–H and O–H groups in total. The Bertz CT molecular complexity index is 802. The van der Waals surface area contributed by atoms with E-state index in [0.717, 1.165) is 32.0 Å². The second-order valence-corrected chi connectivity index (χ2v) is 6.79. The van der Waals surface area contributed by atoms with Crippen molar-refractivity contribution in [2.75, 3.05) is 13.1 Å². The predicted octanol–water partition coefficient (Wildman–Crippen LogP) is 3.84. The lowest BCUT2D eigenvalue weighted by atomic mass is 10.1. The van der Waals surface area contributed by atoms with E-state index < -0.39 is 0 Å². The van der Waals surface area contributed by atoms with Gasteiger partial charge in [-0.25, -0.2) is 4.99 Å². The van der Waals surface area contributed by atoms with E-state index in [1.807, 2.05) is 0 Å². The second kappa shape index (κ2) is 8.02. The third-order valence-corrected chi connectivity index (χ3v) is 4.86. The number of hydrogen-bond donors (Lipinski definition) is 3. The van der Waals surface area contributed by atoms with Gasteiger partial charge in [0.2, 0.25) is 0 Å². The molecule has 0 fully saturated rings. The maximum absolute atomic E-state index is 4.65. The Labute approximate surface area is 147 Å². The van der Waals surface area contributed by atoms with E-state index in [1.165, 1.54) is 26.9 Å². The van der Waals surface area contributed by atoms with Gasteiger partial charge in [0.25, 0.3) is 0 Å². The summed E-state index contributed by atoms with van der Waals surface area (Å²) in [6, 6.07) is 10.6. The summed E-state index contributed by atoms with van der Waals surface area (Å²) in [5.74, 6) is 0.877. The van der Waals surface area contributed by atoms with Crippen LogP contribution in [0.2, 0.25) is 0 Å². The van der Waals surface area contributed by atoms with Crippen molar-refractivity contribution in [2.45, 2.75) is 26.8 Å². The van der Waals surface area contributed by atoms with Gasteiger partial charge < -0.3 is 15.6 Å². The number of thiophene rings is 1. The van der Waals surface area contributed by atoms with E-state index in [4.69, 9.17) is 0 Å². The number of guanidine groups is 1. The Kier molecular flexibility index (Phi) is 5.54. The fourth-order valence-electron chi connectivity index (χ4n) is 2.87. The lowest BCUT2D eigenvalue weighted by molar-refractivity contribution is 0.803. The van der Waals surface area contributed by atoms with Gasteiger partial charge in [-0.1, -0.05) is 18.2 Å². The maximum atomic E-state index is 4.65. The van der Waals surface area contributed by atoms with Gasteiger partial charge in [-0.05, 0) is 48.9 Å². The Morgan fingerprint density at radius 1 is 1.21 bits per heavy atom. The van der Waals surface area contributed by atoms with Gasteiger partial charge in [-0.3, -0.25) is 0 Å². The number of benzene rings is 1. The summed E-state index contributed by atoms with van der Waals surface area (Å²) in [5, 5.41) is 10.2. The van der Waals surface area contributed by atoms with Crippen LogP contribution < -0.4 is 10.6 Å². The molecule has 0 aliphatic rings. The van der Waals surface area contributed by atoms with E-state index in [9.17, 15) is 0 Å². The van der Waals surface area contributed by atoms with Crippen LogP contribution in [0.25, 0.3) is 10.9 Å². The van der Waals surface area contributed by atoms with Crippen molar-refractivity contribution in [1.29, 1.82) is 0 Å². The van der Waals surface area contributed by atoms with Crippen LogP contribution in [-0.4, -0.2) is 24.0 Å². The molecule has 0 atom stereocenters. The highest BCUT2D eigenvalue weighted by Gasteiger charge is 2.06. The predicted molar refractivity (Wildman–Crippen MR) is 104 cm³/mol. The summed E-state index contributed by atoms with van der Waals surface area (Å²) in [5.41, 5.74) is 3.88. The van der Waals surface area contributed by atoms with Crippen molar-refractivity contribution < 1.29 is 0 Å². The van der Waals surface area contributed by atoms with Gasteiger partial charge >= 0.3 is 0 Å². The minimum Gasteiger partial charge on any atom is -0.361 e. The van der Waals surface area contributed by atoms with Crippen molar-refractivity contribution in [2.24, 2.45) is 4.99 Å². The first-order chi connectivity index (χ1) is 11.8. The quantitative estimate of drug-likeness (QED) is 0.472. The van der Waals surface area contributed by atoms with Crippen LogP contribution in [0.15, 0.2) is 46.9 Å². The number of nitrogens with one attached hydrogen (secondary N) is 3. The zero-order chi connectivity index (χ0) is 16.8. The number of aromatic nitrogens is 1. The van der Waals surface area contributed by atoms with E-state index in [1.54, 1.807) is 11.3 Å². The monoisotopic (exact) mass is 340 g/mol. The number of aliphatic imine (C=N–C) groups is 1. The highest BCUT2D eigenvalue weighted by molar-refractivity contribution is 7.09. The number of H-pyrrole nitrogens is 1. The fraction of sp³-hybridized carbons (Fsp3) is 0.316. The number of aromatic amines is 1. The molecule has 0 saturated heterocycles. The van der Waals surface area contributed by atoms with Gasteiger partial charge in [-0.2, -0.15) is 0 Å². The first-order valence-electron chi connectivity index (χ1n) is 8.38. The number of hydrogen-bond acceptors (Lipinski definition) is 2. The molecule has 2 aromatic heterocycles. The van der Waals surface area contributed by atoms with Crippen molar-refractivity contribution in [3.63, 3.8) is 0 Å². The van der Waals surface area contributed by atoms with Crippen molar-refractivity contribution in [1.82, 2.24) is 15.6 Å². The zero-order valence-electron chi connectivity index (χ0n) is 14.2. The molecule has 0 bridgehead atoms. The third-order valence-electron chi connectivity index (χ3n) is 4.00. The van der Waals surface area contributed by atoms with Crippen molar-refractivity contribution >= 4 is 28.2 Å². The van der Waals surface area contributed by atoms with E-state index in [0.29, 0.717) is 0 Å². The number of nitrogens with zero attached hydrogens (tertiary/aromatic N) is 1. The molecule has 0 aliphatic heterocycles. The SMILES string of the molecule is CCNC(=NCc1cccs1)NCCc1c[nH]c2cccc(C)c12. The molecule has 3 rings (SSSR count). The lowest BCUT2D eigenvalue weighted by Gasteiger charge is -2.11. The third kappa shape index (κ3) is 3.97. The molecule has 5 heteroatoms. The molecule has 0 spiro atoms. The molecule has 126 valence electrons. The Morgan fingerprint density at radius 2 is 2.12 bits per heavy atom. The van der Waals surface area contributed by atoms with Gasteiger partial charge in [-0.15, -0.1) is 11.3 Å². The lowest BCUT2D eigenvalue weighted by Crippen LogP contribution is -2.38. The van der Waals surface area contributed by atoms with Crippen LogP contribution in [-0.2, 0) is 13.0 Å². The normalized spacial score (nSPS) is 11.8. The highest BCUT2D eigenvalue weighted by Crippen LogP contribution is 2.22. The first kappa shape index (κ1) is 16.6. The minimum absolute atomic E-state index is 0.721. The van der Waals surface area contributed by atoms with Gasteiger partial charge in [0, 0.05) is 35.1 Å². The summed E-state index contributed by atoms with van der Waals surface area (Å²) in [7, 11) is 0. The van der Waals surface area contributed by atoms with Crippen LogP contribution in [0, 0.1) is 6.92 Å². The molecular weight excluding hydrogens is 316 g/mol. The van der Waals surface area contributed by atoms with Crippen LogP contribution >= 0.6 is 11.3 Å². The minimum atomic E-state index is 0.721. The summed E-state index contributed by atoms with van der Waals surface area (Å²) in [6.45, 7) is 6.70. The summed E-state index contributed by atoms with van der Waals surface area (Å²) in [6.07, 6.45) is 3.09. The van der Waals surface area contributed by atoms with E-state index >= 15 is 0 Å². The van der Waals surface area contributed by atoms with Crippen LogP contribution in [0.4, 0.5) is 0 Å². The van der Waals surface area contributed by atoms with Gasteiger partial charge in [0.1, 0.15) is 0 Å². The summed E-state index contributed by atoms with van der Waals surface area (Å²) < 4.78 is 0. The standard InChI is InChI=1S/C19H24N4S/c1-3-20-19(23-13-16-7-5-11-24-16)21-10-9-15-12-22-17-8-4-6-14(2)18(15)17/h4-8,11-12,22H,3,9-10,13H2,1-2H3,(H2,20,21,23). The largest absolute Gasteiger partial charge is 0.361 e. The highest BCUT2D eigenvalue weighted by atomic mass is 32.1. The smallest absolute Gasteiger partial charge is 0.191 e. The molecule has 0 saturated carbocycles. The number of rotatable bonds is 6. The van der Waals surface area contributed by atoms with Gasteiger partial charge in [0.05, 0.1) is 6.54 Å². The van der Waals surface area contributed by atoms with E-state index in [-0.39, 0.29) is 0 Å². The Balaban J connectivity index is 1.61. The Morgan fingerprint density at radius 3 is 2.92 bits per heavy atom. The molecule has 4 nitrogen and oxygen atoms in total. The fourth-order valence-corrected chi connectivity index (χ4v) is 3.49. The number of fused-ring (bicyclic) bond motifs is 1. The average molecular weight is 340 g/mol. The van der Waals surface area contributed by atoms with Crippen molar-refractivity contribution in [3.05, 3.63) is 57.9 Å². The molecule has 24 heavy (non-hydrogen) atoms. The van der Waals surface area contributed by atoms with Crippen LogP contribution in [0.3, 0.4) is 0 Å². The molecule has 0 radical (unpaired) electrons. The maximum Gasteiger partial charge on any atom is 0.191 e. The molecule has 1 aromatic carbocycles. The molecule has 0 aliphatic carbocycles. The molecular formula is C19H24N4S. The molecule has 3 aromatic rings. The molecule has 2 heterocycles.